The van der Waals surface area contributed by atoms with Gasteiger partial charge in [0.05, 0.1) is 11.7 Å². The molecule has 1 amide bonds. The standard InChI is InChI=1S/C16H19N3O2S/c20-13(18-10-5-6-10)7-8-19-9-17-15-14(16(19)21)11-3-1-2-4-12(11)22-15/h9-10H,1-8H2,(H,18,20). The molecule has 4 rings (SSSR count). The lowest BCUT2D eigenvalue weighted by Crippen LogP contribution is -2.29. The Labute approximate surface area is 132 Å². The average Bonchev–Trinajstić information content (AvgIpc) is 3.24. The van der Waals surface area contributed by atoms with Crippen LogP contribution in [0.15, 0.2) is 11.1 Å². The molecule has 6 heteroatoms. The summed E-state index contributed by atoms with van der Waals surface area (Å²) in [6.07, 6.45) is 8.51. The molecule has 0 unspecified atom stereocenters. The molecule has 116 valence electrons. The van der Waals surface area contributed by atoms with Gasteiger partial charge in [0.2, 0.25) is 5.91 Å². The van der Waals surface area contributed by atoms with Crippen molar-refractivity contribution in [1.82, 2.24) is 14.9 Å². The number of aryl methyl sites for hydroxylation is 3. The number of nitrogens with one attached hydrogen (secondary N) is 1. The first-order valence-corrected chi connectivity index (χ1v) is 8.83. The molecule has 0 radical (unpaired) electrons. The Morgan fingerprint density at radius 2 is 2.18 bits per heavy atom. The summed E-state index contributed by atoms with van der Waals surface area (Å²) in [7, 11) is 0. The Morgan fingerprint density at radius 3 is 3.00 bits per heavy atom. The molecule has 2 aliphatic rings. The molecule has 2 aromatic heterocycles. The van der Waals surface area contributed by atoms with Crippen molar-refractivity contribution >= 4 is 27.5 Å². The largest absolute Gasteiger partial charge is 0.353 e. The summed E-state index contributed by atoms with van der Waals surface area (Å²) in [5.74, 6) is 0.0295. The van der Waals surface area contributed by atoms with Gasteiger partial charge in [-0.15, -0.1) is 11.3 Å². The number of hydrogen-bond donors (Lipinski definition) is 1. The van der Waals surface area contributed by atoms with Gasteiger partial charge >= 0.3 is 0 Å². The summed E-state index contributed by atoms with van der Waals surface area (Å²) in [6.45, 7) is 0.408. The smallest absolute Gasteiger partial charge is 0.262 e. The summed E-state index contributed by atoms with van der Waals surface area (Å²) >= 11 is 1.66. The van der Waals surface area contributed by atoms with E-state index in [-0.39, 0.29) is 11.5 Å². The molecular formula is C16H19N3O2S. The zero-order chi connectivity index (χ0) is 15.1. The SMILES string of the molecule is O=C(CCn1cnc2sc3c(c2c1=O)CCCC3)NC1CC1. The molecule has 0 aromatic carbocycles. The van der Waals surface area contributed by atoms with Crippen LogP contribution in [0.4, 0.5) is 0 Å². The zero-order valence-electron chi connectivity index (χ0n) is 12.4. The van der Waals surface area contributed by atoms with Crippen LogP contribution < -0.4 is 10.9 Å². The fourth-order valence-electron chi connectivity index (χ4n) is 3.09. The highest BCUT2D eigenvalue weighted by Crippen LogP contribution is 2.33. The average molecular weight is 317 g/mol. The summed E-state index contributed by atoms with van der Waals surface area (Å²) in [6, 6.07) is 0.369. The molecule has 0 aliphatic heterocycles. The second-order valence-corrected chi connectivity index (χ2v) is 7.31. The maximum absolute atomic E-state index is 12.7. The fourth-order valence-corrected chi connectivity index (χ4v) is 4.31. The lowest BCUT2D eigenvalue weighted by molar-refractivity contribution is -0.121. The lowest BCUT2D eigenvalue weighted by Gasteiger charge is -2.10. The van der Waals surface area contributed by atoms with Crippen molar-refractivity contribution in [3.63, 3.8) is 0 Å². The van der Waals surface area contributed by atoms with Crippen LogP contribution in [0.5, 0.6) is 0 Å². The van der Waals surface area contributed by atoms with Gasteiger partial charge in [-0.3, -0.25) is 14.2 Å². The van der Waals surface area contributed by atoms with Crippen molar-refractivity contribution in [3.8, 4) is 0 Å². The minimum Gasteiger partial charge on any atom is -0.353 e. The second kappa shape index (κ2) is 5.50. The first kappa shape index (κ1) is 13.9. The Hall–Kier alpha value is -1.69. The van der Waals surface area contributed by atoms with E-state index in [2.05, 4.69) is 10.3 Å². The minimum atomic E-state index is 0.0172. The quantitative estimate of drug-likeness (QED) is 0.938. The molecule has 1 N–H and O–H groups in total. The van der Waals surface area contributed by atoms with Gasteiger partial charge in [0.25, 0.3) is 5.56 Å². The van der Waals surface area contributed by atoms with Gasteiger partial charge in [0.1, 0.15) is 4.83 Å². The number of carbonyl (C=O) groups excluding carboxylic acids is 1. The third-order valence-electron chi connectivity index (χ3n) is 4.46. The van der Waals surface area contributed by atoms with Gasteiger partial charge in [0, 0.05) is 23.9 Å². The van der Waals surface area contributed by atoms with Crippen LogP contribution in [0.2, 0.25) is 0 Å². The molecule has 1 fully saturated rings. The van der Waals surface area contributed by atoms with Crippen LogP contribution in [0.1, 0.15) is 42.5 Å². The van der Waals surface area contributed by atoms with Crippen LogP contribution >= 0.6 is 11.3 Å². The molecule has 5 nitrogen and oxygen atoms in total. The highest BCUT2D eigenvalue weighted by Gasteiger charge is 2.23. The third kappa shape index (κ3) is 2.56. The highest BCUT2D eigenvalue weighted by atomic mass is 32.1. The number of amides is 1. The molecular weight excluding hydrogens is 298 g/mol. The number of aromatic nitrogens is 2. The van der Waals surface area contributed by atoms with Gasteiger partial charge in [-0.2, -0.15) is 0 Å². The van der Waals surface area contributed by atoms with E-state index in [0.717, 1.165) is 42.3 Å². The number of carbonyl (C=O) groups is 1. The molecule has 0 bridgehead atoms. The van der Waals surface area contributed by atoms with Gasteiger partial charge < -0.3 is 5.32 Å². The maximum Gasteiger partial charge on any atom is 0.262 e. The number of rotatable bonds is 4. The normalized spacial score (nSPS) is 17.5. The zero-order valence-corrected chi connectivity index (χ0v) is 13.2. The van der Waals surface area contributed by atoms with Crippen LogP contribution in [0.25, 0.3) is 10.2 Å². The van der Waals surface area contributed by atoms with E-state index in [1.54, 1.807) is 22.2 Å². The van der Waals surface area contributed by atoms with E-state index in [4.69, 9.17) is 0 Å². The fraction of sp³-hybridized carbons (Fsp3) is 0.562. The Bertz CT molecular complexity index is 789. The van der Waals surface area contributed by atoms with Gasteiger partial charge in [-0.25, -0.2) is 4.98 Å². The van der Waals surface area contributed by atoms with Crippen molar-refractivity contribution in [3.05, 3.63) is 27.1 Å². The van der Waals surface area contributed by atoms with Crippen LogP contribution in [0, 0.1) is 0 Å². The van der Waals surface area contributed by atoms with Crippen molar-refractivity contribution in [1.29, 1.82) is 0 Å². The van der Waals surface area contributed by atoms with E-state index in [1.165, 1.54) is 16.9 Å². The molecule has 22 heavy (non-hydrogen) atoms. The van der Waals surface area contributed by atoms with E-state index < -0.39 is 0 Å². The molecule has 1 saturated carbocycles. The molecule has 0 saturated heterocycles. The Morgan fingerprint density at radius 1 is 1.36 bits per heavy atom. The van der Waals surface area contributed by atoms with E-state index in [1.807, 2.05) is 0 Å². The minimum absolute atomic E-state index is 0.0172. The monoisotopic (exact) mass is 317 g/mol. The van der Waals surface area contributed by atoms with Crippen molar-refractivity contribution in [2.75, 3.05) is 0 Å². The summed E-state index contributed by atoms with van der Waals surface area (Å²) in [5, 5.41) is 3.75. The maximum atomic E-state index is 12.7. The number of fused-ring (bicyclic) bond motifs is 3. The van der Waals surface area contributed by atoms with Crippen LogP contribution in [0.3, 0.4) is 0 Å². The van der Waals surface area contributed by atoms with E-state index in [0.29, 0.717) is 19.0 Å². The van der Waals surface area contributed by atoms with Crippen molar-refractivity contribution in [2.24, 2.45) is 0 Å². The van der Waals surface area contributed by atoms with Gasteiger partial charge in [-0.05, 0) is 44.1 Å². The number of thiophene rings is 1. The van der Waals surface area contributed by atoms with Crippen molar-refractivity contribution < 1.29 is 4.79 Å². The second-order valence-electron chi connectivity index (χ2n) is 6.23. The van der Waals surface area contributed by atoms with Crippen LogP contribution in [-0.4, -0.2) is 21.5 Å². The molecule has 2 heterocycles. The molecule has 2 aliphatic carbocycles. The van der Waals surface area contributed by atoms with Gasteiger partial charge in [-0.1, -0.05) is 0 Å². The summed E-state index contributed by atoms with van der Waals surface area (Å²) in [5.41, 5.74) is 1.23. The molecule has 0 atom stereocenters. The molecule has 0 spiro atoms. The first-order valence-electron chi connectivity index (χ1n) is 8.01. The van der Waals surface area contributed by atoms with Crippen molar-refractivity contribution in [2.45, 2.75) is 57.5 Å². The molecule has 2 aromatic rings. The van der Waals surface area contributed by atoms with E-state index in [9.17, 15) is 9.59 Å². The van der Waals surface area contributed by atoms with Gasteiger partial charge in [0.15, 0.2) is 0 Å². The lowest BCUT2D eigenvalue weighted by atomic mass is 9.97. The summed E-state index contributed by atoms with van der Waals surface area (Å²) < 4.78 is 1.59. The topological polar surface area (TPSA) is 64.0 Å². The first-order chi connectivity index (χ1) is 10.7. The Balaban J connectivity index is 1.59. The predicted molar refractivity (Wildman–Crippen MR) is 86.3 cm³/mol. The number of nitrogens with zero attached hydrogens (tertiary/aromatic N) is 2. The Kier molecular flexibility index (Phi) is 3.48. The number of hydrogen-bond acceptors (Lipinski definition) is 4. The third-order valence-corrected chi connectivity index (χ3v) is 5.66. The van der Waals surface area contributed by atoms with Crippen LogP contribution in [-0.2, 0) is 24.2 Å². The summed E-state index contributed by atoms with van der Waals surface area (Å²) in [4.78, 5) is 31.1. The predicted octanol–water partition coefficient (Wildman–Crippen LogP) is 2.01. The highest BCUT2D eigenvalue weighted by molar-refractivity contribution is 7.18. The van der Waals surface area contributed by atoms with E-state index >= 15 is 0 Å².